The lowest BCUT2D eigenvalue weighted by Gasteiger charge is -2.33. The second kappa shape index (κ2) is 8.81. The molecule has 9 heteroatoms. The Kier molecular flexibility index (Phi) is 7.43. The number of benzene rings is 2. The van der Waals surface area contributed by atoms with E-state index < -0.39 is 0 Å². The lowest BCUT2D eigenvalue weighted by molar-refractivity contribution is 0.113. The number of hydrogen-bond donors (Lipinski definition) is 0. The SMILES string of the molecule is COC1N(c2c(Br)cc(I)cc2Br)CCN1c1c(Br)cc(I)cc1Br. The first-order valence-electron chi connectivity index (χ1n) is 7.18. The zero-order valence-electron chi connectivity index (χ0n) is 12.9. The van der Waals surface area contributed by atoms with Crippen molar-refractivity contribution in [1.82, 2.24) is 0 Å². The highest BCUT2D eigenvalue weighted by Crippen LogP contribution is 2.43. The molecule has 0 aliphatic carbocycles. The second-order valence-corrected chi connectivity index (χ2v) is 11.3. The van der Waals surface area contributed by atoms with Crippen LogP contribution in [0.1, 0.15) is 0 Å². The van der Waals surface area contributed by atoms with E-state index in [0.29, 0.717) is 0 Å². The molecule has 134 valence electrons. The van der Waals surface area contributed by atoms with Crippen molar-refractivity contribution in [3.63, 3.8) is 0 Å². The lowest BCUT2D eigenvalue weighted by atomic mass is 10.3. The molecule has 0 N–H and O–H groups in total. The molecule has 1 aliphatic rings. The van der Waals surface area contributed by atoms with Crippen LogP contribution in [0.15, 0.2) is 42.2 Å². The Bertz CT molecular complexity index is 709. The third-order valence-corrected chi connectivity index (χ3v) is 7.53. The Morgan fingerprint density at radius 3 is 1.40 bits per heavy atom. The Hall–Kier alpha value is 1.38. The van der Waals surface area contributed by atoms with Crippen molar-refractivity contribution < 1.29 is 4.74 Å². The molecule has 0 saturated carbocycles. The number of rotatable bonds is 3. The maximum Gasteiger partial charge on any atom is 0.210 e. The van der Waals surface area contributed by atoms with Crippen LogP contribution in [-0.2, 0) is 4.74 Å². The van der Waals surface area contributed by atoms with Gasteiger partial charge >= 0.3 is 0 Å². The first-order chi connectivity index (χ1) is 11.8. The van der Waals surface area contributed by atoms with Crippen LogP contribution in [0, 0.1) is 7.14 Å². The summed E-state index contributed by atoms with van der Waals surface area (Å²) < 4.78 is 12.4. The minimum Gasteiger partial charge on any atom is -0.344 e. The molecule has 0 amide bonds. The molecule has 3 rings (SSSR count). The van der Waals surface area contributed by atoms with Crippen molar-refractivity contribution in [2.45, 2.75) is 6.35 Å². The first-order valence-corrected chi connectivity index (χ1v) is 12.5. The molecule has 2 aromatic carbocycles. The summed E-state index contributed by atoms with van der Waals surface area (Å²) in [5.74, 6) is 0. The number of nitrogens with zero attached hydrogens (tertiary/aromatic N) is 2. The van der Waals surface area contributed by atoms with Crippen molar-refractivity contribution in [1.29, 1.82) is 0 Å². The fourth-order valence-corrected chi connectivity index (χ4v) is 9.16. The minimum absolute atomic E-state index is 0.194. The van der Waals surface area contributed by atoms with Crippen molar-refractivity contribution in [3.05, 3.63) is 49.3 Å². The molecular formula is C16H12Br4I2N2O. The smallest absolute Gasteiger partial charge is 0.210 e. The van der Waals surface area contributed by atoms with Gasteiger partial charge in [-0.25, -0.2) is 0 Å². The number of anilines is 2. The number of halogens is 6. The predicted octanol–water partition coefficient (Wildman–Crippen LogP) is 7.20. The van der Waals surface area contributed by atoms with Crippen molar-refractivity contribution in [3.8, 4) is 0 Å². The fraction of sp³-hybridized carbons (Fsp3) is 0.250. The standard InChI is InChI=1S/C16H12Br4I2N2O/c1-25-16-23(14-10(17)4-8(21)5-11(14)18)2-3-24(16)15-12(19)6-9(22)7-13(15)20/h4-7,16H,2-3H2,1H3. The van der Waals surface area contributed by atoms with Crippen LogP contribution in [0.5, 0.6) is 0 Å². The maximum atomic E-state index is 5.89. The van der Waals surface area contributed by atoms with E-state index in [1.165, 1.54) is 7.14 Å². The lowest BCUT2D eigenvalue weighted by Crippen LogP contribution is -2.41. The Morgan fingerprint density at radius 1 is 0.800 bits per heavy atom. The van der Waals surface area contributed by atoms with E-state index in [9.17, 15) is 0 Å². The van der Waals surface area contributed by atoms with E-state index in [0.717, 1.165) is 42.4 Å². The van der Waals surface area contributed by atoms with E-state index in [-0.39, 0.29) is 6.35 Å². The Morgan fingerprint density at radius 2 is 1.12 bits per heavy atom. The van der Waals surface area contributed by atoms with Gasteiger partial charge in [0, 0.05) is 45.2 Å². The van der Waals surface area contributed by atoms with Gasteiger partial charge in [0.2, 0.25) is 6.35 Å². The second-order valence-electron chi connectivity index (χ2n) is 5.38. The van der Waals surface area contributed by atoms with Gasteiger partial charge in [0.1, 0.15) is 0 Å². The number of ether oxygens (including phenoxy) is 1. The summed E-state index contributed by atoms with van der Waals surface area (Å²) in [7, 11) is 1.75. The van der Waals surface area contributed by atoms with Crippen LogP contribution in [-0.4, -0.2) is 26.6 Å². The summed E-state index contributed by atoms with van der Waals surface area (Å²) in [6.45, 7) is 1.72. The van der Waals surface area contributed by atoms with Crippen LogP contribution >= 0.6 is 109 Å². The molecule has 0 aromatic heterocycles. The fourth-order valence-electron chi connectivity index (χ4n) is 2.92. The van der Waals surface area contributed by atoms with E-state index in [1.54, 1.807) is 7.11 Å². The molecular weight excluding hydrogens is 810 g/mol. The molecule has 0 atom stereocenters. The average molecular weight is 822 g/mol. The van der Waals surface area contributed by atoms with Gasteiger partial charge in [-0.15, -0.1) is 0 Å². The quantitative estimate of drug-likeness (QED) is 0.305. The van der Waals surface area contributed by atoms with Gasteiger partial charge in [-0.3, -0.25) is 0 Å². The van der Waals surface area contributed by atoms with Crippen LogP contribution in [0.3, 0.4) is 0 Å². The normalized spacial score (nSPS) is 15.3. The van der Waals surface area contributed by atoms with Gasteiger partial charge in [0.15, 0.2) is 0 Å². The van der Waals surface area contributed by atoms with E-state index in [2.05, 4.69) is 143 Å². The van der Waals surface area contributed by atoms with Gasteiger partial charge < -0.3 is 14.5 Å². The van der Waals surface area contributed by atoms with Crippen molar-refractivity contribution in [2.75, 3.05) is 30.0 Å². The molecule has 1 heterocycles. The van der Waals surface area contributed by atoms with Crippen LogP contribution in [0.25, 0.3) is 0 Å². The number of methoxy groups -OCH3 is 1. The molecule has 2 aromatic rings. The summed E-state index contributed by atoms with van der Waals surface area (Å²) in [4.78, 5) is 4.53. The maximum absolute atomic E-state index is 5.89. The zero-order chi connectivity index (χ0) is 18.3. The van der Waals surface area contributed by atoms with Gasteiger partial charge in [0.25, 0.3) is 0 Å². The molecule has 0 spiro atoms. The summed E-state index contributed by atoms with van der Waals surface area (Å²) in [6, 6.07) is 8.47. The van der Waals surface area contributed by atoms with E-state index >= 15 is 0 Å². The molecule has 0 bridgehead atoms. The molecule has 1 saturated heterocycles. The largest absolute Gasteiger partial charge is 0.344 e. The summed E-state index contributed by atoms with van der Waals surface area (Å²) in [5.41, 5.74) is 2.21. The molecule has 1 fully saturated rings. The van der Waals surface area contributed by atoms with E-state index in [1.807, 2.05) is 0 Å². The topological polar surface area (TPSA) is 15.7 Å². The summed E-state index contributed by atoms with van der Waals surface area (Å²) >= 11 is 19.5. The summed E-state index contributed by atoms with van der Waals surface area (Å²) in [6.07, 6.45) is -0.194. The highest BCUT2D eigenvalue weighted by Gasteiger charge is 2.36. The molecule has 0 unspecified atom stereocenters. The molecule has 1 aliphatic heterocycles. The molecule has 25 heavy (non-hydrogen) atoms. The van der Waals surface area contributed by atoms with Gasteiger partial charge in [-0.1, -0.05) is 0 Å². The Labute approximate surface area is 208 Å². The van der Waals surface area contributed by atoms with Crippen LogP contribution in [0.4, 0.5) is 11.4 Å². The zero-order valence-corrected chi connectivity index (χ0v) is 23.5. The van der Waals surface area contributed by atoms with Gasteiger partial charge in [0.05, 0.1) is 11.4 Å². The highest BCUT2D eigenvalue weighted by atomic mass is 127. The van der Waals surface area contributed by atoms with Crippen molar-refractivity contribution >= 4 is 120 Å². The highest BCUT2D eigenvalue weighted by molar-refractivity contribution is 14.1. The molecule has 0 radical (unpaired) electrons. The van der Waals surface area contributed by atoms with E-state index in [4.69, 9.17) is 4.74 Å². The predicted molar refractivity (Wildman–Crippen MR) is 135 cm³/mol. The van der Waals surface area contributed by atoms with Gasteiger partial charge in [-0.2, -0.15) is 0 Å². The first kappa shape index (κ1) is 21.1. The average Bonchev–Trinajstić information content (AvgIpc) is 2.88. The van der Waals surface area contributed by atoms with Crippen LogP contribution in [0.2, 0.25) is 0 Å². The molecule has 3 nitrogen and oxygen atoms in total. The van der Waals surface area contributed by atoms with Crippen LogP contribution < -0.4 is 9.80 Å². The number of hydrogen-bond acceptors (Lipinski definition) is 3. The third-order valence-electron chi connectivity index (χ3n) is 3.86. The monoisotopic (exact) mass is 818 g/mol. The minimum atomic E-state index is -0.194. The third kappa shape index (κ3) is 4.36. The summed E-state index contributed by atoms with van der Waals surface area (Å²) in [5, 5.41) is 0. The van der Waals surface area contributed by atoms with Crippen molar-refractivity contribution in [2.24, 2.45) is 0 Å². The Balaban J connectivity index is 2.03. The van der Waals surface area contributed by atoms with Gasteiger partial charge in [-0.05, 0) is 133 Å².